The number of amides is 1. The molecule has 3 rings (SSSR count). The Morgan fingerprint density at radius 2 is 1.95 bits per heavy atom. The van der Waals surface area contributed by atoms with Crippen molar-refractivity contribution in [2.24, 2.45) is 0 Å². The van der Waals surface area contributed by atoms with Gasteiger partial charge in [-0.25, -0.2) is 0 Å². The van der Waals surface area contributed by atoms with E-state index in [1.807, 2.05) is 0 Å². The van der Waals surface area contributed by atoms with E-state index in [1.54, 1.807) is 36.4 Å². The van der Waals surface area contributed by atoms with Crippen LogP contribution in [0.1, 0.15) is 11.1 Å². The Bertz CT molecular complexity index is 774. The molecule has 1 heterocycles. The normalized spacial score (nSPS) is 15.1. The number of anilines is 1. The van der Waals surface area contributed by atoms with Gasteiger partial charge in [0.25, 0.3) is 5.91 Å². The molecule has 6 heteroatoms. The lowest BCUT2D eigenvalue weighted by Crippen LogP contribution is -2.05. The van der Waals surface area contributed by atoms with Gasteiger partial charge in [-0.15, -0.1) is 0 Å². The number of nitrogens with one attached hydrogen (secondary N) is 1. The number of hydrogen-bond acceptors (Lipinski definition) is 2. The molecule has 0 fully saturated rings. The van der Waals surface area contributed by atoms with Gasteiger partial charge in [-0.3, -0.25) is 4.79 Å². The quantitative estimate of drug-likeness (QED) is 0.849. The van der Waals surface area contributed by atoms with E-state index in [0.717, 1.165) is 0 Å². The summed E-state index contributed by atoms with van der Waals surface area (Å²) in [4.78, 5) is 12.1. The van der Waals surface area contributed by atoms with E-state index in [0.29, 0.717) is 27.4 Å². The van der Waals surface area contributed by atoms with Crippen LogP contribution in [0.15, 0.2) is 42.5 Å². The SMILES string of the molecule is O=C1Nc2ccc(Cl)cc2C1=Cc1ccccc1OC(F)F. The molecule has 0 saturated carbocycles. The number of carbonyl (C=O) groups is 1. The molecule has 3 nitrogen and oxygen atoms in total. The number of carbonyl (C=O) groups excluding carboxylic acids is 1. The predicted molar refractivity (Wildman–Crippen MR) is 81.0 cm³/mol. The van der Waals surface area contributed by atoms with Gasteiger partial charge in [0.05, 0.1) is 0 Å². The fraction of sp³-hybridized carbons (Fsp3) is 0.0625. The van der Waals surface area contributed by atoms with Crippen molar-refractivity contribution >= 4 is 34.8 Å². The molecule has 1 N–H and O–H groups in total. The molecular formula is C16H10ClF2NO2. The fourth-order valence-electron chi connectivity index (χ4n) is 2.26. The highest BCUT2D eigenvalue weighted by molar-refractivity contribution is 6.36. The zero-order valence-electron chi connectivity index (χ0n) is 11.1. The van der Waals surface area contributed by atoms with Gasteiger partial charge in [-0.2, -0.15) is 8.78 Å². The van der Waals surface area contributed by atoms with E-state index in [1.165, 1.54) is 12.1 Å². The predicted octanol–water partition coefficient (Wildman–Crippen LogP) is 4.43. The van der Waals surface area contributed by atoms with Crippen molar-refractivity contribution in [1.82, 2.24) is 0 Å². The van der Waals surface area contributed by atoms with Crippen molar-refractivity contribution in [3.63, 3.8) is 0 Å². The molecule has 0 aromatic heterocycles. The fourth-order valence-corrected chi connectivity index (χ4v) is 2.43. The largest absolute Gasteiger partial charge is 0.434 e. The maximum atomic E-state index is 12.4. The van der Waals surface area contributed by atoms with Crippen LogP contribution in [0.4, 0.5) is 14.5 Å². The third-order valence-electron chi connectivity index (χ3n) is 3.20. The van der Waals surface area contributed by atoms with E-state index in [9.17, 15) is 13.6 Å². The number of rotatable bonds is 3. The molecule has 22 heavy (non-hydrogen) atoms. The first kappa shape index (κ1) is 14.5. The van der Waals surface area contributed by atoms with Crippen LogP contribution >= 0.6 is 11.6 Å². The van der Waals surface area contributed by atoms with Crippen LogP contribution < -0.4 is 10.1 Å². The number of alkyl halides is 2. The summed E-state index contributed by atoms with van der Waals surface area (Å²) in [7, 11) is 0. The Morgan fingerprint density at radius 3 is 2.73 bits per heavy atom. The maximum Gasteiger partial charge on any atom is 0.387 e. The summed E-state index contributed by atoms with van der Waals surface area (Å²) in [6.07, 6.45) is 1.51. The van der Waals surface area contributed by atoms with Crippen LogP contribution in [0.3, 0.4) is 0 Å². The Hall–Kier alpha value is -2.40. The van der Waals surface area contributed by atoms with Gasteiger partial charge in [-0.1, -0.05) is 29.8 Å². The molecule has 0 saturated heterocycles. The number of para-hydroxylation sites is 1. The topological polar surface area (TPSA) is 38.3 Å². The average molecular weight is 322 g/mol. The van der Waals surface area contributed by atoms with Crippen LogP contribution in [-0.2, 0) is 4.79 Å². The first-order valence-electron chi connectivity index (χ1n) is 6.41. The first-order chi connectivity index (χ1) is 10.5. The van der Waals surface area contributed by atoms with Crippen LogP contribution in [0.25, 0.3) is 11.6 Å². The summed E-state index contributed by atoms with van der Waals surface area (Å²) in [5.74, 6) is -0.308. The highest BCUT2D eigenvalue weighted by Gasteiger charge is 2.24. The second kappa shape index (κ2) is 5.77. The summed E-state index contributed by atoms with van der Waals surface area (Å²) in [6.45, 7) is -2.93. The summed E-state index contributed by atoms with van der Waals surface area (Å²) < 4.78 is 29.4. The molecular weight excluding hydrogens is 312 g/mol. The van der Waals surface area contributed by atoms with Crippen LogP contribution in [0.5, 0.6) is 5.75 Å². The van der Waals surface area contributed by atoms with E-state index in [2.05, 4.69) is 10.1 Å². The minimum atomic E-state index is -2.93. The summed E-state index contributed by atoms with van der Waals surface area (Å²) in [5.41, 5.74) is 2.00. The summed E-state index contributed by atoms with van der Waals surface area (Å²) >= 11 is 5.95. The molecule has 0 bridgehead atoms. The van der Waals surface area contributed by atoms with E-state index in [4.69, 9.17) is 11.6 Å². The third kappa shape index (κ3) is 2.80. The van der Waals surface area contributed by atoms with Crippen molar-refractivity contribution in [1.29, 1.82) is 0 Å². The van der Waals surface area contributed by atoms with Gasteiger partial charge < -0.3 is 10.1 Å². The lowest BCUT2D eigenvalue weighted by molar-refractivity contribution is -0.110. The van der Waals surface area contributed by atoms with Gasteiger partial charge in [0.2, 0.25) is 0 Å². The highest BCUT2D eigenvalue weighted by atomic mass is 35.5. The Labute approximate surface area is 130 Å². The van der Waals surface area contributed by atoms with Crippen molar-refractivity contribution in [3.05, 3.63) is 58.6 Å². The molecule has 0 radical (unpaired) electrons. The molecule has 1 amide bonds. The van der Waals surface area contributed by atoms with Crippen LogP contribution in [0, 0.1) is 0 Å². The number of ether oxygens (including phenoxy) is 1. The van der Waals surface area contributed by atoms with Crippen LogP contribution in [-0.4, -0.2) is 12.5 Å². The van der Waals surface area contributed by atoms with E-state index < -0.39 is 6.61 Å². The monoisotopic (exact) mass is 321 g/mol. The first-order valence-corrected chi connectivity index (χ1v) is 6.79. The molecule has 2 aromatic rings. The average Bonchev–Trinajstić information content (AvgIpc) is 2.76. The van der Waals surface area contributed by atoms with Gasteiger partial charge in [0, 0.05) is 27.4 Å². The molecule has 0 aliphatic carbocycles. The Balaban J connectivity index is 2.07. The minimum Gasteiger partial charge on any atom is -0.434 e. The number of halogens is 3. The smallest absolute Gasteiger partial charge is 0.387 e. The molecule has 0 spiro atoms. The van der Waals surface area contributed by atoms with Gasteiger partial charge in [-0.05, 0) is 30.3 Å². The molecule has 1 aliphatic heterocycles. The second-order valence-corrected chi connectivity index (χ2v) is 5.05. The number of hydrogen-bond donors (Lipinski definition) is 1. The second-order valence-electron chi connectivity index (χ2n) is 4.62. The molecule has 0 unspecified atom stereocenters. The molecule has 0 atom stereocenters. The number of benzene rings is 2. The van der Waals surface area contributed by atoms with Crippen molar-refractivity contribution in [2.45, 2.75) is 6.61 Å². The number of fused-ring (bicyclic) bond motifs is 1. The molecule has 2 aromatic carbocycles. The zero-order chi connectivity index (χ0) is 15.7. The van der Waals surface area contributed by atoms with Crippen LogP contribution in [0.2, 0.25) is 5.02 Å². The minimum absolute atomic E-state index is 0.00766. The van der Waals surface area contributed by atoms with Crippen molar-refractivity contribution in [3.8, 4) is 5.75 Å². The maximum absolute atomic E-state index is 12.4. The molecule has 112 valence electrons. The van der Waals surface area contributed by atoms with Crippen molar-refractivity contribution < 1.29 is 18.3 Å². The lowest BCUT2D eigenvalue weighted by Gasteiger charge is -2.08. The van der Waals surface area contributed by atoms with Gasteiger partial charge >= 0.3 is 6.61 Å². The molecule has 1 aliphatic rings. The van der Waals surface area contributed by atoms with Gasteiger partial charge in [0.15, 0.2) is 0 Å². The lowest BCUT2D eigenvalue weighted by atomic mass is 10.0. The van der Waals surface area contributed by atoms with Gasteiger partial charge in [0.1, 0.15) is 5.75 Å². The summed E-state index contributed by atoms with van der Waals surface area (Å²) in [5, 5.41) is 3.18. The summed E-state index contributed by atoms with van der Waals surface area (Å²) in [6, 6.07) is 11.3. The van der Waals surface area contributed by atoms with E-state index in [-0.39, 0.29) is 11.7 Å². The van der Waals surface area contributed by atoms with E-state index >= 15 is 0 Å². The Kier molecular flexibility index (Phi) is 3.81. The highest BCUT2D eigenvalue weighted by Crippen LogP contribution is 2.36. The van der Waals surface area contributed by atoms with Crippen molar-refractivity contribution in [2.75, 3.05) is 5.32 Å². The third-order valence-corrected chi connectivity index (χ3v) is 3.43. The standard InChI is InChI=1S/C16H10ClF2NO2/c17-10-5-6-13-11(8-10)12(15(21)20-13)7-9-3-1-2-4-14(9)22-16(18)19/h1-8,16H,(H,20,21). The zero-order valence-corrected chi connectivity index (χ0v) is 11.9. The Morgan fingerprint density at radius 1 is 1.18 bits per heavy atom.